The van der Waals surface area contributed by atoms with Crippen LogP contribution in [0.5, 0.6) is 0 Å². The first-order valence-corrected chi connectivity index (χ1v) is 4.82. The largest absolute Gasteiger partial charge is 0.548 e. The van der Waals surface area contributed by atoms with Crippen LogP contribution in [0.25, 0.3) is 10.9 Å². The van der Waals surface area contributed by atoms with E-state index in [-0.39, 0.29) is 6.54 Å². The molecule has 0 fully saturated rings. The number of carbonyl (C=O) groups excluding carboxylic acids is 1. The third-order valence-corrected chi connectivity index (χ3v) is 2.19. The Hall–Kier alpha value is -2.17. The van der Waals surface area contributed by atoms with Gasteiger partial charge in [-0.15, -0.1) is 0 Å². The molecule has 0 aliphatic heterocycles. The Morgan fingerprint density at radius 2 is 2.25 bits per heavy atom. The maximum atomic E-state index is 10.4. The first kappa shape index (κ1) is 10.4. The van der Waals surface area contributed by atoms with E-state index in [1.165, 1.54) is 6.33 Å². The zero-order chi connectivity index (χ0) is 11.5. The second kappa shape index (κ2) is 4.14. The van der Waals surface area contributed by atoms with E-state index in [0.29, 0.717) is 5.82 Å². The van der Waals surface area contributed by atoms with Gasteiger partial charge in [0.05, 0.1) is 18.0 Å². The highest BCUT2D eigenvalue weighted by atomic mass is 16.4. The van der Waals surface area contributed by atoms with Crippen molar-refractivity contribution in [2.45, 2.75) is 6.92 Å². The normalized spacial score (nSPS) is 10.3. The predicted octanol–water partition coefficient (Wildman–Crippen LogP) is 0.100. The van der Waals surface area contributed by atoms with Gasteiger partial charge >= 0.3 is 0 Å². The summed E-state index contributed by atoms with van der Waals surface area (Å²) in [6.45, 7) is 1.69. The lowest BCUT2D eigenvalue weighted by Gasteiger charge is -2.08. The summed E-state index contributed by atoms with van der Waals surface area (Å²) < 4.78 is 0. The molecule has 2 rings (SSSR count). The number of nitrogens with one attached hydrogen (secondary N) is 1. The molecule has 0 saturated carbocycles. The fourth-order valence-corrected chi connectivity index (χ4v) is 1.47. The summed E-state index contributed by atoms with van der Waals surface area (Å²) in [7, 11) is 0. The number of carbonyl (C=O) groups is 1. The van der Waals surface area contributed by atoms with Crippen LogP contribution in [0.2, 0.25) is 0 Å². The Morgan fingerprint density at radius 3 is 3.00 bits per heavy atom. The SMILES string of the molecule is Cc1ccc2ncnc(NCC(=O)[O-])c2c1. The molecule has 1 aromatic carbocycles. The number of rotatable bonds is 3. The summed E-state index contributed by atoms with van der Waals surface area (Å²) in [6.07, 6.45) is 1.40. The van der Waals surface area contributed by atoms with Crippen LogP contribution < -0.4 is 10.4 Å². The lowest BCUT2D eigenvalue weighted by molar-refractivity contribution is -0.302. The summed E-state index contributed by atoms with van der Waals surface area (Å²) in [4.78, 5) is 18.5. The lowest BCUT2D eigenvalue weighted by Crippen LogP contribution is -2.30. The predicted molar refractivity (Wildman–Crippen MR) is 57.8 cm³/mol. The van der Waals surface area contributed by atoms with Gasteiger partial charge < -0.3 is 15.2 Å². The molecule has 2 aromatic rings. The van der Waals surface area contributed by atoms with Crippen LogP contribution in [0, 0.1) is 6.92 Å². The van der Waals surface area contributed by atoms with Crippen LogP contribution in [-0.4, -0.2) is 22.5 Å². The number of carboxylic acids is 1. The quantitative estimate of drug-likeness (QED) is 0.787. The second-order valence-electron chi connectivity index (χ2n) is 3.47. The number of nitrogens with zero attached hydrogens (tertiary/aromatic N) is 2. The van der Waals surface area contributed by atoms with Crippen LogP contribution in [0.1, 0.15) is 5.56 Å². The highest BCUT2D eigenvalue weighted by Gasteiger charge is 2.02. The number of anilines is 1. The molecule has 0 amide bonds. The summed E-state index contributed by atoms with van der Waals surface area (Å²) in [5, 5.41) is 13.9. The van der Waals surface area contributed by atoms with Gasteiger partial charge in [0.15, 0.2) is 0 Å². The van der Waals surface area contributed by atoms with Gasteiger partial charge in [-0.1, -0.05) is 11.6 Å². The Morgan fingerprint density at radius 1 is 1.44 bits per heavy atom. The smallest absolute Gasteiger partial charge is 0.137 e. The molecule has 0 atom stereocenters. The van der Waals surface area contributed by atoms with Crippen molar-refractivity contribution in [2.75, 3.05) is 11.9 Å². The zero-order valence-electron chi connectivity index (χ0n) is 8.73. The van der Waals surface area contributed by atoms with E-state index in [4.69, 9.17) is 0 Å². The van der Waals surface area contributed by atoms with E-state index in [2.05, 4.69) is 15.3 Å². The third-order valence-electron chi connectivity index (χ3n) is 2.19. The first-order chi connectivity index (χ1) is 7.66. The fraction of sp³-hybridized carbons (Fsp3) is 0.182. The van der Waals surface area contributed by atoms with Crippen molar-refractivity contribution in [3.05, 3.63) is 30.1 Å². The van der Waals surface area contributed by atoms with Crippen molar-refractivity contribution in [3.63, 3.8) is 0 Å². The molecule has 82 valence electrons. The van der Waals surface area contributed by atoms with Gasteiger partial charge in [-0.25, -0.2) is 9.97 Å². The molecule has 16 heavy (non-hydrogen) atoms. The number of aliphatic carboxylic acids is 1. The standard InChI is InChI=1S/C11H11N3O2/c1-7-2-3-9-8(4-7)11(14-6-13-9)12-5-10(15)16/h2-4,6H,5H2,1H3,(H,15,16)(H,12,13,14)/p-1. The van der Waals surface area contributed by atoms with Crippen LogP contribution in [-0.2, 0) is 4.79 Å². The molecule has 0 spiro atoms. The average molecular weight is 216 g/mol. The molecule has 5 heteroatoms. The van der Waals surface area contributed by atoms with E-state index in [1.807, 2.05) is 25.1 Å². The van der Waals surface area contributed by atoms with E-state index in [0.717, 1.165) is 16.5 Å². The second-order valence-corrected chi connectivity index (χ2v) is 3.47. The van der Waals surface area contributed by atoms with Crippen LogP contribution in [0.3, 0.4) is 0 Å². The molecule has 0 radical (unpaired) electrons. The number of carboxylic acid groups (broad SMARTS) is 1. The van der Waals surface area contributed by atoms with Gasteiger partial charge in [0.25, 0.3) is 0 Å². The van der Waals surface area contributed by atoms with Crippen molar-refractivity contribution in [3.8, 4) is 0 Å². The van der Waals surface area contributed by atoms with Gasteiger partial charge in [0.1, 0.15) is 12.1 Å². The average Bonchev–Trinajstić information content (AvgIpc) is 2.26. The van der Waals surface area contributed by atoms with Gasteiger partial charge in [-0.05, 0) is 19.1 Å². The summed E-state index contributed by atoms with van der Waals surface area (Å²) in [5.41, 5.74) is 1.85. The fourth-order valence-electron chi connectivity index (χ4n) is 1.47. The topological polar surface area (TPSA) is 77.9 Å². The van der Waals surface area contributed by atoms with Crippen LogP contribution >= 0.6 is 0 Å². The summed E-state index contributed by atoms with van der Waals surface area (Å²) in [6, 6.07) is 5.72. The molecular weight excluding hydrogens is 206 g/mol. The molecule has 0 aliphatic carbocycles. The summed E-state index contributed by atoms with van der Waals surface area (Å²) >= 11 is 0. The lowest BCUT2D eigenvalue weighted by atomic mass is 10.1. The number of aromatic nitrogens is 2. The van der Waals surface area contributed by atoms with Gasteiger partial charge in [0, 0.05) is 5.39 Å². The van der Waals surface area contributed by atoms with Crippen molar-refractivity contribution in [1.82, 2.24) is 9.97 Å². The number of hydrogen-bond donors (Lipinski definition) is 1. The maximum Gasteiger partial charge on any atom is 0.137 e. The molecule has 1 N–H and O–H groups in total. The minimum atomic E-state index is -1.17. The molecule has 0 bridgehead atoms. The molecule has 1 heterocycles. The van der Waals surface area contributed by atoms with Gasteiger partial charge in [-0.2, -0.15) is 0 Å². The minimum absolute atomic E-state index is 0.264. The van der Waals surface area contributed by atoms with Crippen molar-refractivity contribution in [1.29, 1.82) is 0 Å². The molecule has 1 aromatic heterocycles. The van der Waals surface area contributed by atoms with Crippen LogP contribution in [0.4, 0.5) is 5.82 Å². The number of hydrogen-bond acceptors (Lipinski definition) is 5. The van der Waals surface area contributed by atoms with Crippen molar-refractivity contribution < 1.29 is 9.90 Å². The van der Waals surface area contributed by atoms with Gasteiger partial charge in [-0.3, -0.25) is 0 Å². The van der Waals surface area contributed by atoms with E-state index >= 15 is 0 Å². The van der Waals surface area contributed by atoms with E-state index in [9.17, 15) is 9.90 Å². The van der Waals surface area contributed by atoms with Crippen molar-refractivity contribution in [2.24, 2.45) is 0 Å². The molecule has 0 saturated heterocycles. The van der Waals surface area contributed by atoms with Gasteiger partial charge in [0.2, 0.25) is 0 Å². The van der Waals surface area contributed by atoms with E-state index < -0.39 is 5.97 Å². The Labute approximate surface area is 92.2 Å². The maximum absolute atomic E-state index is 10.4. The summed E-state index contributed by atoms with van der Waals surface area (Å²) in [5.74, 6) is -0.655. The Balaban J connectivity index is 2.43. The third kappa shape index (κ3) is 2.08. The zero-order valence-corrected chi connectivity index (χ0v) is 8.73. The first-order valence-electron chi connectivity index (χ1n) is 4.82. The number of benzene rings is 1. The van der Waals surface area contributed by atoms with E-state index in [1.54, 1.807) is 0 Å². The Kier molecular flexibility index (Phi) is 2.68. The molecule has 0 aliphatic rings. The highest BCUT2D eigenvalue weighted by molar-refractivity contribution is 5.90. The number of fused-ring (bicyclic) bond motifs is 1. The molecule has 0 unspecified atom stereocenters. The molecular formula is C11H10N3O2-. The Bertz CT molecular complexity index is 540. The molecule has 5 nitrogen and oxygen atoms in total. The van der Waals surface area contributed by atoms with Crippen LogP contribution in [0.15, 0.2) is 24.5 Å². The highest BCUT2D eigenvalue weighted by Crippen LogP contribution is 2.19. The number of aryl methyl sites for hydroxylation is 1. The monoisotopic (exact) mass is 216 g/mol. The van der Waals surface area contributed by atoms with Crippen molar-refractivity contribution >= 4 is 22.7 Å². The minimum Gasteiger partial charge on any atom is -0.548 e.